The number of thiazole rings is 1. The van der Waals surface area contributed by atoms with E-state index >= 15 is 0 Å². The molecule has 138 valence electrons. The number of carbonyl (C=O) groups excluding carboxylic acids is 1. The molecule has 0 spiro atoms. The number of amides is 1. The summed E-state index contributed by atoms with van der Waals surface area (Å²) < 4.78 is 5.74. The van der Waals surface area contributed by atoms with Crippen molar-refractivity contribution in [3.63, 3.8) is 0 Å². The number of hydrogen-bond donors (Lipinski definition) is 3. The van der Waals surface area contributed by atoms with Crippen molar-refractivity contribution in [2.24, 2.45) is 0 Å². The second-order valence-corrected chi connectivity index (χ2v) is 7.07. The highest BCUT2D eigenvalue weighted by atomic mass is 32.1. The van der Waals surface area contributed by atoms with Crippen LogP contribution in [0.5, 0.6) is 11.5 Å². The minimum absolute atomic E-state index is 0.200. The highest BCUT2D eigenvalue weighted by Crippen LogP contribution is 2.22. The maximum absolute atomic E-state index is 11.9. The fourth-order valence-corrected chi connectivity index (χ4v) is 3.00. The minimum atomic E-state index is -0.212. The molecule has 0 unspecified atom stereocenters. The number of thiocarbonyl (C=S) groups is 1. The van der Waals surface area contributed by atoms with Gasteiger partial charge >= 0.3 is 0 Å². The first-order valence-electron chi connectivity index (χ1n) is 8.18. The molecule has 0 bridgehead atoms. The van der Waals surface area contributed by atoms with Crippen molar-refractivity contribution < 1.29 is 9.53 Å². The molecule has 0 radical (unpaired) electrons. The summed E-state index contributed by atoms with van der Waals surface area (Å²) >= 11 is 6.69. The van der Waals surface area contributed by atoms with Crippen LogP contribution in [0.2, 0.25) is 0 Å². The summed E-state index contributed by atoms with van der Waals surface area (Å²) in [6.07, 6.45) is 0.200. The predicted molar refractivity (Wildman–Crippen MR) is 111 cm³/mol. The molecule has 0 aliphatic carbocycles. The smallest absolute Gasteiger partial charge is 0.244 e. The highest BCUT2D eigenvalue weighted by molar-refractivity contribution is 7.80. The molecule has 0 aliphatic heterocycles. The first-order valence-corrected chi connectivity index (χ1v) is 9.47. The van der Waals surface area contributed by atoms with Gasteiger partial charge in [-0.3, -0.25) is 15.6 Å². The van der Waals surface area contributed by atoms with E-state index in [1.54, 1.807) is 0 Å². The number of nitrogens with one attached hydrogen (secondary N) is 3. The van der Waals surface area contributed by atoms with Gasteiger partial charge < -0.3 is 10.1 Å². The number of anilines is 1. The van der Waals surface area contributed by atoms with Crippen LogP contribution in [-0.4, -0.2) is 16.0 Å². The van der Waals surface area contributed by atoms with Crippen molar-refractivity contribution in [3.05, 3.63) is 70.7 Å². The number of aromatic nitrogens is 1. The van der Waals surface area contributed by atoms with Crippen molar-refractivity contribution in [1.82, 2.24) is 15.8 Å². The van der Waals surface area contributed by atoms with E-state index in [1.165, 1.54) is 11.3 Å². The number of ether oxygens (including phenoxy) is 1. The summed E-state index contributed by atoms with van der Waals surface area (Å²) in [5.74, 6) is 1.28. The van der Waals surface area contributed by atoms with Gasteiger partial charge in [0.25, 0.3) is 0 Å². The number of hydrazine groups is 1. The first-order chi connectivity index (χ1) is 13.1. The molecule has 0 fully saturated rings. The summed E-state index contributed by atoms with van der Waals surface area (Å²) in [5, 5.41) is 6.08. The van der Waals surface area contributed by atoms with E-state index in [9.17, 15) is 4.79 Å². The third-order valence-electron chi connectivity index (χ3n) is 3.41. The summed E-state index contributed by atoms with van der Waals surface area (Å²) in [6.45, 7) is 1.90. The second kappa shape index (κ2) is 9.11. The summed E-state index contributed by atoms with van der Waals surface area (Å²) in [6, 6.07) is 16.9. The highest BCUT2D eigenvalue weighted by Gasteiger charge is 2.07. The van der Waals surface area contributed by atoms with Crippen LogP contribution in [0.15, 0.2) is 60.0 Å². The zero-order valence-corrected chi connectivity index (χ0v) is 16.2. The van der Waals surface area contributed by atoms with Gasteiger partial charge in [-0.15, -0.1) is 11.3 Å². The van der Waals surface area contributed by atoms with Gasteiger partial charge in [-0.25, -0.2) is 4.98 Å². The lowest BCUT2D eigenvalue weighted by atomic mass is 10.3. The topological polar surface area (TPSA) is 75.3 Å². The van der Waals surface area contributed by atoms with Crippen LogP contribution < -0.4 is 20.9 Å². The maximum atomic E-state index is 11.9. The van der Waals surface area contributed by atoms with Crippen LogP contribution in [-0.2, 0) is 11.2 Å². The number of aryl methyl sites for hydroxylation is 1. The Labute approximate surface area is 166 Å². The van der Waals surface area contributed by atoms with Crippen LogP contribution >= 0.6 is 23.6 Å². The number of para-hydroxylation sites is 1. The standard InChI is InChI=1S/C19H18N4O2S2/c1-13-20-15(12-27-13)11-18(24)22-23-19(26)21-14-7-9-17(10-8-14)25-16-5-3-2-4-6-16/h2-10,12H,11H2,1H3,(H,22,24)(H2,21,23,26). The Morgan fingerprint density at radius 1 is 1.07 bits per heavy atom. The van der Waals surface area contributed by atoms with E-state index in [2.05, 4.69) is 21.2 Å². The second-order valence-electron chi connectivity index (χ2n) is 5.60. The fourth-order valence-electron chi connectivity index (χ4n) is 2.22. The normalized spacial score (nSPS) is 10.1. The molecule has 0 atom stereocenters. The van der Waals surface area contributed by atoms with Crippen LogP contribution in [0.1, 0.15) is 10.7 Å². The fraction of sp³-hybridized carbons (Fsp3) is 0.105. The average Bonchev–Trinajstić information content (AvgIpc) is 3.07. The van der Waals surface area contributed by atoms with Gasteiger partial charge in [-0.2, -0.15) is 0 Å². The molecule has 0 saturated heterocycles. The molecule has 0 saturated carbocycles. The Hall–Kier alpha value is -2.97. The van der Waals surface area contributed by atoms with Crippen LogP contribution in [0.4, 0.5) is 5.69 Å². The van der Waals surface area contributed by atoms with Gasteiger partial charge in [-0.1, -0.05) is 18.2 Å². The number of rotatable bonds is 5. The van der Waals surface area contributed by atoms with Crippen molar-refractivity contribution in [3.8, 4) is 11.5 Å². The molecular weight excluding hydrogens is 380 g/mol. The molecule has 3 rings (SSSR count). The molecule has 3 N–H and O–H groups in total. The van der Waals surface area contributed by atoms with Crippen molar-refractivity contribution >= 4 is 40.3 Å². The minimum Gasteiger partial charge on any atom is -0.457 e. The molecular formula is C19H18N4O2S2. The third kappa shape index (κ3) is 6.05. The molecule has 27 heavy (non-hydrogen) atoms. The van der Waals surface area contributed by atoms with Gasteiger partial charge in [0.2, 0.25) is 5.91 Å². The molecule has 0 aliphatic rings. The lowest BCUT2D eigenvalue weighted by molar-refractivity contribution is -0.121. The van der Waals surface area contributed by atoms with Crippen LogP contribution in [0, 0.1) is 6.92 Å². The molecule has 2 aromatic carbocycles. The largest absolute Gasteiger partial charge is 0.457 e. The van der Waals surface area contributed by atoms with Crippen molar-refractivity contribution in [2.75, 3.05) is 5.32 Å². The van der Waals surface area contributed by atoms with E-state index in [1.807, 2.05) is 66.9 Å². The molecule has 1 aromatic heterocycles. The quantitative estimate of drug-likeness (QED) is 0.448. The Morgan fingerprint density at radius 3 is 2.44 bits per heavy atom. The van der Waals surface area contributed by atoms with Gasteiger partial charge in [0, 0.05) is 11.1 Å². The third-order valence-corrected chi connectivity index (χ3v) is 4.44. The molecule has 6 nitrogen and oxygen atoms in total. The lowest BCUT2D eigenvalue weighted by Gasteiger charge is -2.12. The van der Waals surface area contributed by atoms with Gasteiger partial charge in [0.1, 0.15) is 11.5 Å². The van der Waals surface area contributed by atoms with Crippen molar-refractivity contribution in [2.45, 2.75) is 13.3 Å². The maximum Gasteiger partial charge on any atom is 0.244 e. The Balaban J connectivity index is 1.44. The molecule has 3 aromatic rings. The SMILES string of the molecule is Cc1nc(CC(=O)NNC(=S)Nc2ccc(Oc3ccccc3)cc2)cs1. The predicted octanol–water partition coefficient (Wildman–Crippen LogP) is 3.80. The molecule has 1 amide bonds. The van der Waals surface area contributed by atoms with Gasteiger partial charge in [-0.05, 0) is 55.5 Å². The number of carbonyl (C=O) groups is 1. The zero-order chi connectivity index (χ0) is 19.1. The van der Waals surface area contributed by atoms with Crippen LogP contribution in [0.3, 0.4) is 0 Å². The number of benzene rings is 2. The first kappa shape index (κ1) is 18.8. The number of nitrogens with zero attached hydrogens (tertiary/aromatic N) is 1. The van der Waals surface area contributed by atoms with Gasteiger partial charge in [0.15, 0.2) is 5.11 Å². The van der Waals surface area contributed by atoms with E-state index in [0.29, 0.717) is 0 Å². The molecule has 8 heteroatoms. The Bertz CT molecular complexity index is 911. The Kier molecular flexibility index (Phi) is 6.35. The van der Waals surface area contributed by atoms with E-state index in [-0.39, 0.29) is 17.4 Å². The van der Waals surface area contributed by atoms with Crippen LogP contribution in [0.25, 0.3) is 0 Å². The summed E-state index contributed by atoms with van der Waals surface area (Å²) in [7, 11) is 0. The van der Waals surface area contributed by atoms with Crippen molar-refractivity contribution in [1.29, 1.82) is 0 Å². The van der Waals surface area contributed by atoms with E-state index in [4.69, 9.17) is 17.0 Å². The number of hydrogen-bond acceptors (Lipinski definition) is 5. The average molecular weight is 399 g/mol. The van der Waals surface area contributed by atoms with E-state index in [0.717, 1.165) is 27.9 Å². The molecule has 1 heterocycles. The summed E-state index contributed by atoms with van der Waals surface area (Å²) in [4.78, 5) is 16.1. The summed E-state index contributed by atoms with van der Waals surface area (Å²) in [5.41, 5.74) is 6.75. The Morgan fingerprint density at radius 2 is 1.78 bits per heavy atom. The van der Waals surface area contributed by atoms with Gasteiger partial charge in [0.05, 0.1) is 17.1 Å². The lowest BCUT2D eigenvalue weighted by Crippen LogP contribution is -2.44. The zero-order valence-electron chi connectivity index (χ0n) is 14.6. The monoisotopic (exact) mass is 398 g/mol. The van der Waals surface area contributed by atoms with E-state index < -0.39 is 0 Å².